The van der Waals surface area contributed by atoms with Gasteiger partial charge in [-0.05, 0) is 53.3 Å². The fraction of sp³-hybridized carbons (Fsp3) is 0.217. The number of nitrogens with one attached hydrogen (secondary N) is 2. The molecule has 0 spiro atoms. The number of carbonyl (C=O) groups is 2. The van der Waals surface area contributed by atoms with Crippen LogP contribution in [0.25, 0.3) is 11.1 Å². The van der Waals surface area contributed by atoms with Crippen molar-refractivity contribution < 1.29 is 27.5 Å². The van der Waals surface area contributed by atoms with Gasteiger partial charge in [-0.25, -0.2) is 13.1 Å². The molecule has 0 bridgehead atoms. The minimum Gasteiger partial charge on any atom is -0.454 e. The first kappa shape index (κ1) is 21.1. The molecule has 3 aliphatic heterocycles. The van der Waals surface area contributed by atoms with Crippen molar-refractivity contribution >= 4 is 38.9 Å². The van der Waals surface area contributed by atoms with Gasteiger partial charge in [0, 0.05) is 12.6 Å². The largest absolute Gasteiger partial charge is 0.454 e. The average Bonchev–Trinajstić information content (AvgIpc) is 3.57. The predicted octanol–water partition coefficient (Wildman–Crippen LogP) is 2.66. The molecule has 9 nitrogen and oxygen atoms in total. The molecule has 0 saturated carbocycles. The number of hydrogen-bond donors (Lipinski definition) is 2. The van der Waals surface area contributed by atoms with E-state index in [1.807, 2.05) is 24.3 Å². The summed E-state index contributed by atoms with van der Waals surface area (Å²) in [7, 11) is -3.72. The van der Waals surface area contributed by atoms with Crippen molar-refractivity contribution in [2.24, 2.45) is 0 Å². The number of thiophene rings is 1. The Morgan fingerprint density at radius 2 is 1.82 bits per heavy atom. The van der Waals surface area contributed by atoms with Gasteiger partial charge in [0.25, 0.3) is 5.91 Å². The lowest BCUT2D eigenvalue weighted by Gasteiger charge is -2.20. The maximum atomic E-state index is 13.5. The summed E-state index contributed by atoms with van der Waals surface area (Å²) < 4.78 is 38.9. The number of fused-ring (bicyclic) bond motifs is 3. The zero-order valence-corrected chi connectivity index (χ0v) is 19.3. The van der Waals surface area contributed by atoms with Crippen LogP contribution in [0, 0.1) is 0 Å². The minimum atomic E-state index is -3.72. The van der Waals surface area contributed by atoms with Crippen LogP contribution in [0.15, 0.2) is 58.1 Å². The molecule has 3 aliphatic rings. The third-order valence-corrected chi connectivity index (χ3v) is 9.08. The first-order chi connectivity index (χ1) is 16.4. The molecule has 2 amide bonds. The van der Waals surface area contributed by atoms with Gasteiger partial charge in [0.05, 0.1) is 11.3 Å². The van der Waals surface area contributed by atoms with E-state index in [0.29, 0.717) is 22.7 Å². The number of sulfonamides is 1. The zero-order chi connectivity index (χ0) is 23.4. The summed E-state index contributed by atoms with van der Waals surface area (Å²) >= 11 is 1.11. The maximum Gasteiger partial charge on any atom is 0.256 e. The Kier molecular flexibility index (Phi) is 4.87. The van der Waals surface area contributed by atoms with Gasteiger partial charge < -0.3 is 19.7 Å². The molecule has 1 aromatic heterocycles. The maximum absolute atomic E-state index is 13.5. The van der Waals surface area contributed by atoms with Gasteiger partial charge in [-0.15, -0.1) is 11.3 Å². The van der Waals surface area contributed by atoms with Gasteiger partial charge in [-0.2, -0.15) is 0 Å². The van der Waals surface area contributed by atoms with Crippen LogP contribution < -0.4 is 19.5 Å². The third kappa shape index (κ3) is 3.52. The van der Waals surface area contributed by atoms with Crippen molar-refractivity contribution in [1.29, 1.82) is 0 Å². The molecule has 0 radical (unpaired) electrons. The highest BCUT2D eigenvalue weighted by atomic mass is 32.2. The second-order valence-corrected chi connectivity index (χ2v) is 11.2. The van der Waals surface area contributed by atoms with Crippen LogP contribution in [0.4, 0.5) is 5.69 Å². The first-order valence-electron chi connectivity index (χ1n) is 10.6. The number of hydrogen-bond acceptors (Lipinski definition) is 7. The lowest BCUT2D eigenvalue weighted by molar-refractivity contribution is -0.119. The zero-order valence-electron chi connectivity index (χ0n) is 17.7. The SMILES string of the molecule is O=C1Nc2ccc(-c3ccc4c(c3)OCO4)cc2C(=O)N2C[C@@H](NS(=O)(=O)c3cccs3)C[C@@H]12. The van der Waals surface area contributed by atoms with Gasteiger partial charge in [0.1, 0.15) is 10.3 Å². The summed E-state index contributed by atoms with van der Waals surface area (Å²) in [4.78, 5) is 27.9. The molecule has 2 atom stereocenters. The van der Waals surface area contributed by atoms with Crippen LogP contribution in [0.5, 0.6) is 11.5 Å². The Labute approximate surface area is 199 Å². The molecule has 11 heteroatoms. The van der Waals surface area contributed by atoms with E-state index < -0.39 is 22.1 Å². The number of rotatable bonds is 4. The fourth-order valence-corrected chi connectivity index (χ4v) is 6.79. The molecule has 2 aromatic carbocycles. The summed E-state index contributed by atoms with van der Waals surface area (Å²) in [5, 5.41) is 4.52. The Morgan fingerprint density at radius 1 is 1.03 bits per heavy atom. The Balaban J connectivity index is 1.29. The number of benzene rings is 2. The normalized spacial score (nSPS) is 21.1. The van der Waals surface area contributed by atoms with E-state index in [1.54, 1.807) is 23.6 Å². The highest BCUT2D eigenvalue weighted by molar-refractivity contribution is 7.91. The molecular formula is C23H19N3O6S2. The van der Waals surface area contributed by atoms with Gasteiger partial charge in [0.2, 0.25) is 22.7 Å². The number of anilines is 1. The summed E-state index contributed by atoms with van der Waals surface area (Å²) in [6, 6.07) is 12.7. The van der Waals surface area contributed by atoms with Crippen LogP contribution in [-0.2, 0) is 14.8 Å². The van der Waals surface area contributed by atoms with E-state index >= 15 is 0 Å². The van der Waals surface area contributed by atoms with E-state index in [9.17, 15) is 18.0 Å². The number of amides is 2. The van der Waals surface area contributed by atoms with Gasteiger partial charge >= 0.3 is 0 Å². The Bertz CT molecular complexity index is 1420. The van der Waals surface area contributed by atoms with Crippen LogP contribution >= 0.6 is 11.3 Å². The van der Waals surface area contributed by atoms with Crippen LogP contribution in [0.1, 0.15) is 16.8 Å². The molecule has 3 aromatic rings. The molecule has 174 valence electrons. The van der Waals surface area contributed by atoms with E-state index in [2.05, 4.69) is 10.0 Å². The summed E-state index contributed by atoms with van der Waals surface area (Å²) in [5.74, 6) is 0.643. The molecule has 1 saturated heterocycles. The Hall–Kier alpha value is -3.41. The van der Waals surface area contributed by atoms with Crippen molar-refractivity contribution in [2.45, 2.75) is 22.7 Å². The highest BCUT2D eigenvalue weighted by Crippen LogP contribution is 2.38. The molecule has 2 N–H and O–H groups in total. The van der Waals surface area contributed by atoms with E-state index in [-0.39, 0.29) is 35.8 Å². The van der Waals surface area contributed by atoms with E-state index in [1.165, 1.54) is 11.0 Å². The molecule has 1 fully saturated rings. The Morgan fingerprint density at radius 3 is 2.65 bits per heavy atom. The molecule has 4 heterocycles. The quantitative estimate of drug-likeness (QED) is 0.573. The fourth-order valence-electron chi connectivity index (χ4n) is 4.54. The van der Waals surface area contributed by atoms with Gasteiger partial charge in [-0.3, -0.25) is 9.59 Å². The van der Waals surface area contributed by atoms with Crippen molar-refractivity contribution in [3.05, 3.63) is 59.5 Å². The van der Waals surface area contributed by atoms with Gasteiger partial charge in [0.15, 0.2) is 11.5 Å². The van der Waals surface area contributed by atoms with E-state index in [4.69, 9.17) is 9.47 Å². The summed E-state index contributed by atoms with van der Waals surface area (Å²) in [6.45, 7) is 0.274. The standard InChI is InChI=1S/C23H19N3O6S2/c27-22-18-10-15(25-34(29,30)21-2-1-7-33-21)11-26(18)23(28)16-8-13(3-5-17(16)24-22)14-4-6-19-20(9-14)32-12-31-19/h1-9,15,18,25H,10-12H2,(H,24,27)/t15-,18-/m0/s1. The second-order valence-electron chi connectivity index (χ2n) is 8.28. The smallest absolute Gasteiger partial charge is 0.256 e. The average molecular weight is 498 g/mol. The van der Waals surface area contributed by atoms with Crippen molar-refractivity contribution in [3.8, 4) is 22.6 Å². The lowest BCUT2D eigenvalue weighted by atomic mass is 10.0. The van der Waals surface area contributed by atoms with Crippen molar-refractivity contribution in [2.75, 3.05) is 18.7 Å². The van der Waals surface area contributed by atoms with Crippen LogP contribution in [0.2, 0.25) is 0 Å². The monoisotopic (exact) mass is 497 g/mol. The number of carbonyl (C=O) groups excluding carboxylic acids is 2. The molecule has 34 heavy (non-hydrogen) atoms. The van der Waals surface area contributed by atoms with E-state index in [0.717, 1.165) is 22.5 Å². The highest BCUT2D eigenvalue weighted by Gasteiger charge is 2.44. The first-order valence-corrected chi connectivity index (χ1v) is 13.0. The second kappa shape index (κ2) is 7.83. The topological polar surface area (TPSA) is 114 Å². The predicted molar refractivity (Wildman–Crippen MR) is 125 cm³/mol. The molecular weight excluding hydrogens is 478 g/mol. The van der Waals surface area contributed by atoms with Crippen LogP contribution in [0.3, 0.4) is 0 Å². The van der Waals surface area contributed by atoms with Crippen LogP contribution in [-0.4, -0.2) is 50.6 Å². The molecule has 0 aliphatic carbocycles. The minimum absolute atomic E-state index is 0.106. The van der Waals surface area contributed by atoms with Gasteiger partial charge in [-0.1, -0.05) is 18.2 Å². The number of nitrogens with zero attached hydrogens (tertiary/aromatic N) is 1. The lowest BCUT2D eigenvalue weighted by Crippen LogP contribution is -2.41. The number of ether oxygens (including phenoxy) is 2. The van der Waals surface area contributed by atoms with Crippen molar-refractivity contribution in [3.63, 3.8) is 0 Å². The summed E-state index contributed by atoms with van der Waals surface area (Å²) in [6.07, 6.45) is 0.200. The molecule has 6 rings (SSSR count). The molecule has 0 unspecified atom stereocenters. The van der Waals surface area contributed by atoms with Crippen molar-refractivity contribution in [1.82, 2.24) is 9.62 Å². The third-order valence-electron chi connectivity index (χ3n) is 6.16. The summed E-state index contributed by atoms with van der Waals surface area (Å²) in [5.41, 5.74) is 2.42.